The standard InChI is InChI=1S/2C6H7NS.Li.H/c2*7-8-6-4-2-1-3-5-6;;/h2*1-5H,7H2;;/q;;+1;-1. The van der Waals surface area contributed by atoms with Crippen LogP contribution in [0.5, 0.6) is 0 Å². The van der Waals surface area contributed by atoms with Gasteiger partial charge < -0.3 is 1.43 Å². The second-order valence-electron chi connectivity index (χ2n) is 2.86. The van der Waals surface area contributed by atoms with E-state index in [-0.39, 0.29) is 20.3 Å². The molecule has 0 aromatic heterocycles. The fourth-order valence-corrected chi connectivity index (χ4v) is 1.63. The van der Waals surface area contributed by atoms with Crippen molar-refractivity contribution in [1.29, 1.82) is 0 Å². The zero-order valence-electron chi connectivity index (χ0n) is 10.7. The van der Waals surface area contributed by atoms with E-state index < -0.39 is 0 Å². The van der Waals surface area contributed by atoms with Gasteiger partial charge in [-0.3, -0.25) is 10.3 Å². The molecule has 2 nitrogen and oxygen atoms in total. The molecule has 0 bridgehead atoms. The molecule has 0 aliphatic rings. The maximum absolute atomic E-state index is 5.27. The van der Waals surface area contributed by atoms with E-state index in [9.17, 15) is 0 Å². The molecule has 0 amide bonds. The summed E-state index contributed by atoms with van der Waals surface area (Å²) in [5.41, 5.74) is 0. The minimum Gasteiger partial charge on any atom is -1.00 e. The van der Waals surface area contributed by atoms with Crippen LogP contribution in [0.15, 0.2) is 70.5 Å². The van der Waals surface area contributed by atoms with Crippen LogP contribution in [0.25, 0.3) is 0 Å². The van der Waals surface area contributed by atoms with Crippen molar-refractivity contribution in [3.05, 3.63) is 60.7 Å². The molecule has 0 atom stereocenters. The van der Waals surface area contributed by atoms with Gasteiger partial charge in [-0.05, 0) is 48.2 Å². The Balaban J connectivity index is 0. The summed E-state index contributed by atoms with van der Waals surface area (Å²) in [6.45, 7) is 0. The van der Waals surface area contributed by atoms with Gasteiger partial charge in [0.1, 0.15) is 0 Å². The third kappa shape index (κ3) is 7.56. The van der Waals surface area contributed by atoms with Crippen LogP contribution in [-0.4, -0.2) is 0 Å². The van der Waals surface area contributed by atoms with E-state index in [1.807, 2.05) is 60.7 Å². The molecular formula is C12H15LiN2S2. The third-order valence-corrected chi connectivity index (χ3v) is 2.85. The van der Waals surface area contributed by atoms with Crippen molar-refractivity contribution in [1.82, 2.24) is 0 Å². The van der Waals surface area contributed by atoms with E-state index in [0.29, 0.717) is 0 Å². The average Bonchev–Trinajstić information content (AvgIpc) is 2.41. The van der Waals surface area contributed by atoms with Crippen molar-refractivity contribution in [2.75, 3.05) is 0 Å². The third-order valence-electron chi connectivity index (χ3n) is 1.76. The molecule has 0 spiro atoms. The van der Waals surface area contributed by atoms with Crippen molar-refractivity contribution < 1.29 is 20.3 Å². The fraction of sp³-hybridized carbons (Fsp3) is 0. The van der Waals surface area contributed by atoms with Gasteiger partial charge in [-0.2, -0.15) is 0 Å². The predicted octanol–water partition coefficient (Wildman–Crippen LogP) is 0.421. The Bertz CT molecular complexity index is 350. The molecule has 2 aromatic rings. The van der Waals surface area contributed by atoms with E-state index >= 15 is 0 Å². The Kier molecular flexibility index (Phi) is 10.6. The summed E-state index contributed by atoms with van der Waals surface area (Å²) < 4.78 is 0. The van der Waals surface area contributed by atoms with Crippen LogP contribution < -0.4 is 29.1 Å². The van der Waals surface area contributed by atoms with Crippen LogP contribution in [0.1, 0.15) is 1.43 Å². The number of hydrogen-bond acceptors (Lipinski definition) is 4. The minimum atomic E-state index is 0. The van der Waals surface area contributed by atoms with E-state index in [2.05, 4.69) is 0 Å². The van der Waals surface area contributed by atoms with Crippen LogP contribution in [0.2, 0.25) is 0 Å². The first-order chi connectivity index (χ1) is 7.86. The van der Waals surface area contributed by atoms with Crippen molar-refractivity contribution in [2.24, 2.45) is 10.3 Å². The van der Waals surface area contributed by atoms with E-state index in [0.717, 1.165) is 9.79 Å². The molecule has 0 radical (unpaired) electrons. The number of rotatable bonds is 2. The summed E-state index contributed by atoms with van der Waals surface area (Å²) in [5, 5.41) is 10.5. The molecule has 0 heterocycles. The van der Waals surface area contributed by atoms with Gasteiger partial charge >= 0.3 is 18.9 Å². The van der Waals surface area contributed by atoms with Crippen molar-refractivity contribution >= 4 is 23.9 Å². The molecule has 0 saturated heterocycles. The normalized spacial score (nSPS) is 8.59. The van der Waals surface area contributed by atoms with Gasteiger partial charge in [-0.1, -0.05) is 36.4 Å². The molecule has 0 aliphatic carbocycles. The predicted molar refractivity (Wildman–Crippen MR) is 74.1 cm³/mol. The molecule has 86 valence electrons. The Morgan fingerprint density at radius 1 is 0.647 bits per heavy atom. The number of nitrogens with two attached hydrogens (primary N) is 2. The molecule has 2 aromatic carbocycles. The molecule has 0 aliphatic heterocycles. The van der Waals surface area contributed by atoms with E-state index in [1.165, 1.54) is 23.9 Å². The first kappa shape index (κ1) is 16.7. The molecule has 4 N–H and O–H groups in total. The van der Waals surface area contributed by atoms with Crippen LogP contribution in [-0.2, 0) is 0 Å². The van der Waals surface area contributed by atoms with Crippen LogP contribution >= 0.6 is 23.9 Å². The molecule has 0 unspecified atom stereocenters. The van der Waals surface area contributed by atoms with Crippen LogP contribution in [0.3, 0.4) is 0 Å². The zero-order chi connectivity index (χ0) is 11.6. The first-order valence-corrected chi connectivity index (χ1v) is 6.46. The van der Waals surface area contributed by atoms with Crippen molar-refractivity contribution in [3.8, 4) is 0 Å². The van der Waals surface area contributed by atoms with Gasteiger partial charge in [0, 0.05) is 9.79 Å². The molecule has 17 heavy (non-hydrogen) atoms. The van der Waals surface area contributed by atoms with Crippen molar-refractivity contribution in [2.45, 2.75) is 9.79 Å². The van der Waals surface area contributed by atoms with Crippen LogP contribution in [0, 0.1) is 0 Å². The second kappa shape index (κ2) is 10.8. The van der Waals surface area contributed by atoms with Gasteiger partial charge in [-0.25, -0.2) is 0 Å². The van der Waals surface area contributed by atoms with Crippen LogP contribution in [0.4, 0.5) is 0 Å². The van der Waals surface area contributed by atoms with Gasteiger partial charge in [-0.15, -0.1) is 0 Å². The summed E-state index contributed by atoms with van der Waals surface area (Å²) >= 11 is 2.54. The van der Waals surface area contributed by atoms with Gasteiger partial charge in [0.15, 0.2) is 0 Å². The van der Waals surface area contributed by atoms with Gasteiger partial charge in [0.2, 0.25) is 0 Å². The maximum atomic E-state index is 5.27. The molecule has 2 rings (SSSR count). The number of hydrogen-bond donors (Lipinski definition) is 2. The number of benzene rings is 2. The monoisotopic (exact) mass is 258 g/mol. The van der Waals surface area contributed by atoms with E-state index in [1.54, 1.807) is 0 Å². The topological polar surface area (TPSA) is 52.0 Å². The maximum Gasteiger partial charge on any atom is 1.00 e. The fourth-order valence-electron chi connectivity index (χ4n) is 0.998. The Morgan fingerprint density at radius 3 is 1.12 bits per heavy atom. The molecular weight excluding hydrogens is 243 g/mol. The average molecular weight is 258 g/mol. The second-order valence-corrected chi connectivity index (χ2v) is 4.28. The smallest absolute Gasteiger partial charge is 1.00 e. The Labute approximate surface area is 124 Å². The molecule has 0 saturated carbocycles. The summed E-state index contributed by atoms with van der Waals surface area (Å²) in [6, 6.07) is 19.7. The largest absolute Gasteiger partial charge is 1.00 e. The van der Waals surface area contributed by atoms with Crippen molar-refractivity contribution in [3.63, 3.8) is 0 Å². The Morgan fingerprint density at radius 2 is 0.941 bits per heavy atom. The van der Waals surface area contributed by atoms with Gasteiger partial charge in [0.05, 0.1) is 0 Å². The van der Waals surface area contributed by atoms with Gasteiger partial charge in [0.25, 0.3) is 0 Å². The summed E-state index contributed by atoms with van der Waals surface area (Å²) in [5.74, 6) is 0. The Hall–Kier alpha value is -0.343. The summed E-state index contributed by atoms with van der Waals surface area (Å²) in [6.07, 6.45) is 0. The zero-order valence-corrected chi connectivity index (χ0v) is 11.4. The summed E-state index contributed by atoms with van der Waals surface area (Å²) in [4.78, 5) is 2.21. The molecule has 5 heteroatoms. The van der Waals surface area contributed by atoms with E-state index in [4.69, 9.17) is 10.3 Å². The molecule has 0 fully saturated rings. The quantitative estimate of drug-likeness (QED) is 0.605. The summed E-state index contributed by atoms with van der Waals surface area (Å²) in [7, 11) is 0. The SMILES string of the molecule is NSc1ccccc1.NSc1ccccc1.[H-].[Li+]. The minimum absolute atomic E-state index is 0. The first-order valence-electron chi connectivity index (χ1n) is 4.70.